The molecule has 3 heterocycles. The van der Waals surface area contributed by atoms with Gasteiger partial charge in [-0.15, -0.1) is 11.3 Å². The fourth-order valence-electron chi connectivity index (χ4n) is 2.53. The molecule has 0 atom stereocenters. The van der Waals surface area contributed by atoms with Gasteiger partial charge in [0.2, 0.25) is 0 Å². The van der Waals surface area contributed by atoms with E-state index in [2.05, 4.69) is 36.6 Å². The molecule has 0 amide bonds. The number of hydrogen-bond acceptors (Lipinski definition) is 8. The molecular formula is C18H17N7S. The van der Waals surface area contributed by atoms with Gasteiger partial charge in [-0.2, -0.15) is 0 Å². The van der Waals surface area contributed by atoms with Crippen LogP contribution in [0.4, 0.5) is 22.6 Å². The van der Waals surface area contributed by atoms with Crippen LogP contribution >= 0.6 is 11.3 Å². The lowest BCUT2D eigenvalue weighted by Crippen LogP contribution is -2.07. The zero-order valence-electron chi connectivity index (χ0n) is 14.1. The fraction of sp³-hybridized carbons (Fsp3) is 0.111. The molecule has 7 nitrogen and oxygen atoms in total. The maximum absolute atomic E-state index is 5.95. The number of nitrogen functional groups attached to an aromatic ring is 1. The van der Waals surface area contributed by atoms with Gasteiger partial charge in [0.15, 0.2) is 22.6 Å². The molecule has 0 unspecified atom stereocenters. The van der Waals surface area contributed by atoms with Crippen LogP contribution in [0.3, 0.4) is 0 Å². The van der Waals surface area contributed by atoms with Gasteiger partial charge in [0.25, 0.3) is 0 Å². The third-order valence-corrected chi connectivity index (χ3v) is 4.61. The van der Waals surface area contributed by atoms with E-state index in [-0.39, 0.29) is 0 Å². The maximum Gasteiger partial charge on any atom is 0.188 e. The summed E-state index contributed by atoms with van der Waals surface area (Å²) in [6.07, 6.45) is 5.20. The van der Waals surface area contributed by atoms with Gasteiger partial charge in [-0.3, -0.25) is 4.98 Å². The molecule has 0 aliphatic heterocycles. The smallest absolute Gasteiger partial charge is 0.188 e. The van der Waals surface area contributed by atoms with Crippen molar-refractivity contribution in [3.05, 3.63) is 59.4 Å². The second-order valence-corrected chi connectivity index (χ2v) is 7.01. The Morgan fingerprint density at radius 1 is 1.12 bits per heavy atom. The zero-order valence-corrected chi connectivity index (χ0v) is 14.9. The third kappa shape index (κ3) is 3.55. The molecule has 0 spiro atoms. The number of aromatic nitrogens is 4. The van der Waals surface area contributed by atoms with Crippen LogP contribution in [0.25, 0.3) is 10.9 Å². The summed E-state index contributed by atoms with van der Waals surface area (Å²) in [5.74, 6) is 1.49. The zero-order chi connectivity index (χ0) is 17.9. The molecule has 26 heavy (non-hydrogen) atoms. The number of thiazole rings is 1. The first-order chi connectivity index (χ1) is 12.7. The Labute approximate surface area is 154 Å². The van der Waals surface area contributed by atoms with Crippen molar-refractivity contribution in [2.75, 3.05) is 16.4 Å². The topological polar surface area (TPSA) is 102 Å². The number of aryl methyl sites for hydroxylation is 1. The van der Waals surface area contributed by atoms with Crippen LogP contribution in [0.15, 0.2) is 48.9 Å². The first kappa shape index (κ1) is 16.2. The van der Waals surface area contributed by atoms with Crippen molar-refractivity contribution >= 4 is 44.8 Å². The van der Waals surface area contributed by atoms with E-state index in [4.69, 9.17) is 5.73 Å². The lowest BCUT2D eigenvalue weighted by Gasteiger charge is -2.10. The summed E-state index contributed by atoms with van der Waals surface area (Å²) in [6, 6.07) is 10.1. The van der Waals surface area contributed by atoms with Gasteiger partial charge >= 0.3 is 0 Å². The van der Waals surface area contributed by atoms with Crippen molar-refractivity contribution in [3.8, 4) is 0 Å². The van der Waals surface area contributed by atoms with Crippen molar-refractivity contribution in [2.45, 2.75) is 13.5 Å². The van der Waals surface area contributed by atoms with Crippen molar-refractivity contribution < 1.29 is 0 Å². The molecule has 0 radical (unpaired) electrons. The molecule has 8 heteroatoms. The number of anilines is 4. The Bertz CT molecular complexity index is 1060. The highest BCUT2D eigenvalue weighted by Crippen LogP contribution is 2.23. The monoisotopic (exact) mass is 363 g/mol. The van der Waals surface area contributed by atoms with Crippen LogP contribution in [-0.4, -0.2) is 19.9 Å². The fourth-order valence-corrected chi connectivity index (χ4v) is 3.20. The molecule has 0 bridgehead atoms. The highest BCUT2D eigenvalue weighted by molar-refractivity contribution is 7.15. The average Bonchev–Trinajstić information content (AvgIpc) is 3.06. The lowest BCUT2D eigenvalue weighted by atomic mass is 10.1. The van der Waals surface area contributed by atoms with E-state index in [0.717, 1.165) is 26.5 Å². The van der Waals surface area contributed by atoms with Crippen LogP contribution in [0, 0.1) is 6.92 Å². The van der Waals surface area contributed by atoms with Crippen LogP contribution < -0.4 is 16.4 Å². The Hall–Kier alpha value is -3.26. The van der Waals surface area contributed by atoms with Gasteiger partial charge < -0.3 is 16.4 Å². The Morgan fingerprint density at radius 2 is 2.04 bits per heavy atom. The standard InChI is InChI=1S/C18H17N7S/c1-11-8-23-18(26-11)25-15-10-21-16(19)17(24-15)22-9-12-4-5-14-13(7-12)3-2-6-20-14/h2-8,10H,9H2,1H3,(H2,19,21)(H2,22,23,24,25). The number of rotatable bonds is 5. The summed E-state index contributed by atoms with van der Waals surface area (Å²) < 4.78 is 0. The van der Waals surface area contributed by atoms with Crippen molar-refractivity contribution in [1.29, 1.82) is 0 Å². The molecule has 0 fully saturated rings. The van der Waals surface area contributed by atoms with E-state index in [1.807, 2.05) is 37.4 Å². The number of nitrogens with one attached hydrogen (secondary N) is 2. The van der Waals surface area contributed by atoms with Crippen LogP contribution in [0.1, 0.15) is 10.4 Å². The quantitative estimate of drug-likeness (QED) is 0.496. The predicted octanol–water partition coefficient (Wildman–Crippen LogP) is 3.73. The highest BCUT2D eigenvalue weighted by Gasteiger charge is 2.07. The van der Waals surface area contributed by atoms with E-state index >= 15 is 0 Å². The van der Waals surface area contributed by atoms with Gasteiger partial charge in [-0.1, -0.05) is 12.1 Å². The number of nitrogens with zero attached hydrogens (tertiary/aromatic N) is 4. The van der Waals surface area contributed by atoms with Gasteiger partial charge in [0, 0.05) is 29.2 Å². The minimum Gasteiger partial charge on any atom is -0.381 e. The third-order valence-electron chi connectivity index (χ3n) is 3.78. The van der Waals surface area contributed by atoms with E-state index < -0.39 is 0 Å². The van der Waals surface area contributed by atoms with E-state index in [1.165, 1.54) is 0 Å². The van der Waals surface area contributed by atoms with Gasteiger partial charge in [-0.05, 0) is 30.7 Å². The number of fused-ring (bicyclic) bond motifs is 1. The molecule has 0 aliphatic rings. The number of benzene rings is 1. The van der Waals surface area contributed by atoms with Gasteiger partial charge in [0.05, 0.1) is 11.7 Å². The second-order valence-electron chi connectivity index (χ2n) is 5.77. The Balaban J connectivity index is 1.50. The summed E-state index contributed by atoms with van der Waals surface area (Å²) in [5.41, 5.74) is 8.04. The van der Waals surface area contributed by atoms with E-state index in [9.17, 15) is 0 Å². The minimum atomic E-state index is 0.355. The van der Waals surface area contributed by atoms with E-state index in [1.54, 1.807) is 23.7 Å². The molecule has 3 aromatic heterocycles. The molecule has 0 saturated heterocycles. The highest BCUT2D eigenvalue weighted by atomic mass is 32.1. The Morgan fingerprint density at radius 3 is 2.88 bits per heavy atom. The number of nitrogens with two attached hydrogens (primary N) is 1. The van der Waals surface area contributed by atoms with Crippen LogP contribution in [0.5, 0.6) is 0 Å². The molecule has 4 rings (SSSR count). The number of pyridine rings is 1. The molecule has 4 N–H and O–H groups in total. The molecule has 4 aromatic rings. The maximum atomic E-state index is 5.95. The lowest BCUT2D eigenvalue weighted by molar-refractivity contribution is 1.09. The van der Waals surface area contributed by atoms with Gasteiger partial charge in [-0.25, -0.2) is 15.0 Å². The minimum absolute atomic E-state index is 0.355. The second kappa shape index (κ2) is 6.93. The largest absolute Gasteiger partial charge is 0.381 e. The summed E-state index contributed by atoms with van der Waals surface area (Å²) in [6.45, 7) is 2.59. The molecule has 1 aromatic carbocycles. The van der Waals surface area contributed by atoms with Crippen LogP contribution in [-0.2, 0) is 6.54 Å². The summed E-state index contributed by atoms with van der Waals surface area (Å²) >= 11 is 1.56. The van der Waals surface area contributed by atoms with Crippen molar-refractivity contribution in [1.82, 2.24) is 19.9 Å². The molecular weight excluding hydrogens is 346 g/mol. The normalized spacial score (nSPS) is 10.8. The van der Waals surface area contributed by atoms with Crippen molar-refractivity contribution in [3.63, 3.8) is 0 Å². The summed E-state index contributed by atoms with van der Waals surface area (Å²) in [4.78, 5) is 18.4. The molecule has 0 saturated carbocycles. The SMILES string of the molecule is Cc1cnc(Nc2cnc(N)c(NCc3ccc4ncccc4c3)n2)s1. The van der Waals surface area contributed by atoms with E-state index in [0.29, 0.717) is 24.0 Å². The molecule has 0 aliphatic carbocycles. The number of hydrogen-bond donors (Lipinski definition) is 3. The van der Waals surface area contributed by atoms with Crippen molar-refractivity contribution in [2.24, 2.45) is 0 Å². The van der Waals surface area contributed by atoms with Gasteiger partial charge in [0.1, 0.15) is 0 Å². The first-order valence-electron chi connectivity index (χ1n) is 8.07. The summed E-state index contributed by atoms with van der Waals surface area (Å²) in [7, 11) is 0. The molecule has 130 valence electrons. The predicted molar refractivity (Wildman–Crippen MR) is 106 cm³/mol. The summed E-state index contributed by atoms with van der Waals surface area (Å²) in [5, 5.41) is 8.26. The van der Waals surface area contributed by atoms with Crippen LogP contribution in [0.2, 0.25) is 0 Å². The Kier molecular flexibility index (Phi) is 4.32. The first-order valence-corrected chi connectivity index (χ1v) is 8.88. The average molecular weight is 363 g/mol.